The average Bonchev–Trinajstić information content (AvgIpc) is 2.57. The van der Waals surface area contributed by atoms with Gasteiger partial charge in [-0.2, -0.15) is 0 Å². The van der Waals surface area contributed by atoms with Crippen LogP contribution in [0.15, 0.2) is 27.3 Å². The van der Waals surface area contributed by atoms with Crippen LogP contribution >= 0.6 is 15.9 Å². The van der Waals surface area contributed by atoms with E-state index in [2.05, 4.69) is 42.0 Å². The van der Waals surface area contributed by atoms with Crippen molar-refractivity contribution < 1.29 is 8.81 Å². The van der Waals surface area contributed by atoms with Gasteiger partial charge in [-0.1, -0.05) is 0 Å². The number of nitrogens with one attached hydrogen (secondary N) is 1. The Morgan fingerprint density at radius 1 is 1.35 bits per heavy atom. The summed E-state index contributed by atoms with van der Waals surface area (Å²) in [5.41, 5.74) is 1.66. The highest BCUT2D eigenvalue weighted by atomic mass is 79.9. The fourth-order valence-electron chi connectivity index (χ4n) is 1.57. The van der Waals surface area contributed by atoms with Crippen LogP contribution < -0.4 is 5.32 Å². The Labute approximate surface area is 108 Å². The summed E-state index contributed by atoms with van der Waals surface area (Å²) in [5.74, 6) is -0.304. The summed E-state index contributed by atoms with van der Waals surface area (Å²) in [6.07, 6.45) is 1.68. The van der Waals surface area contributed by atoms with Gasteiger partial charge in [-0.05, 0) is 42.8 Å². The molecule has 0 amide bonds. The van der Waals surface area contributed by atoms with Crippen molar-refractivity contribution in [1.29, 1.82) is 0 Å². The molecular formula is C13H15BrFNO. The van der Waals surface area contributed by atoms with Gasteiger partial charge in [-0.3, -0.25) is 0 Å². The molecule has 0 unspecified atom stereocenters. The van der Waals surface area contributed by atoms with E-state index in [1.807, 2.05) is 0 Å². The second-order valence-electron chi connectivity index (χ2n) is 5.13. The van der Waals surface area contributed by atoms with Gasteiger partial charge in [0.25, 0.3) is 0 Å². The van der Waals surface area contributed by atoms with Gasteiger partial charge in [0.1, 0.15) is 11.4 Å². The minimum Gasteiger partial charge on any atom is -0.464 e. The van der Waals surface area contributed by atoms with Crippen molar-refractivity contribution in [2.24, 2.45) is 0 Å². The van der Waals surface area contributed by atoms with Crippen molar-refractivity contribution in [3.63, 3.8) is 0 Å². The molecule has 0 spiro atoms. The van der Waals surface area contributed by atoms with Gasteiger partial charge in [0.2, 0.25) is 0 Å². The van der Waals surface area contributed by atoms with Crippen molar-refractivity contribution in [3.8, 4) is 0 Å². The fraction of sp³-hybridized carbons (Fsp3) is 0.385. The Morgan fingerprint density at radius 3 is 2.71 bits per heavy atom. The summed E-state index contributed by atoms with van der Waals surface area (Å²) < 4.78 is 19.1. The number of halogens is 2. The SMILES string of the molecule is CC(C)(C)NCc1coc2cc(F)c(Br)cc12. The molecule has 2 aromatic rings. The summed E-state index contributed by atoms with van der Waals surface area (Å²) in [5, 5.41) is 4.32. The summed E-state index contributed by atoms with van der Waals surface area (Å²) in [4.78, 5) is 0. The number of rotatable bonds is 2. The number of hydrogen-bond acceptors (Lipinski definition) is 2. The highest BCUT2D eigenvalue weighted by Crippen LogP contribution is 2.27. The van der Waals surface area contributed by atoms with Gasteiger partial charge >= 0.3 is 0 Å². The van der Waals surface area contributed by atoms with Crippen LogP contribution in [-0.2, 0) is 6.54 Å². The molecule has 2 nitrogen and oxygen atoms in total. The predicted octanol–water partition coefficient (Wildman–Crippen LogP) is 4.22. The summed E-state index contributed by atoms with van der Waals surface area (Å²) in [6.45, 7) is 7.01. The first kappa shape index (κ1) is 12.6. The van der Waals surface area contributed by atoms with E-state index in [4.69, 9.17) is 4.42 Å². The molecule has 0 atom stereocenters. The Balaban J connectivity index is 2.33. The maximum absolute atomic E-state index is 13.3. The maximum Gasteiger partial charge on any atom is 0.141 e. The molecule has 0 aliphatic rings. The van der Waals surface area contributed by atoms with Crippen LogP contribution in [0, 0.1) is 5.82 Å². The first-order valence-electron chi connectivity index (χ1n) is 5.47. The van der Waals surface area contributed by atoms with Gasteiger partial charge in [0.05, 0.1) is 10.7 Å². The Bertz CT molecular complexity index is 542. The molecule has 0 fully saturated rings. The van der Waals surface area contributed by atoms with Crippen LogP contribution in [0.3, 0.4) is 0 Å². The van der Waals surface area contributed by atoms with E-state index in [1.165, 1.54) is 6.07 Å². The van der Waals surface area contributed by atoms with Crippen molar-refractivity contribution in [2.45, 2.75) is 32.9 Å². The van der Waals surface area contributed by atoms with Crippen molar-refractivity contribution in [2.75, 3.05) is 0 Å². The minimum absolute atomic E-state index is 0.0425. The molecule has 17 heavy (non-hydrogen) atoms. The van der Waals surface area contributed by atoms with E-state index in [-0.39, 0.29) is 11.4 Å². The topological polar surface area (TPSA) is 25.2 Å². The van der Waals surface area contributed by atoms with E-state index < -0.39 is 0 Å². The van der Waals surface area contributed by atoms with Crippen LogP contribution in [0.5, 0.6) is 0 Å². The molecular weight excluding hydrogens is 285 g/mol. The molecule has 0 radical (unpaired) electrons. The summed E-state index contributed by atoms with van der Waals surface area (Å²) in [7, 11) is 0. The largest absolute Gasteiger partial charge is 0.464 e. The molecule has 4 heteroatoms. The molecule has 92 valence electrons. The summed E-state index contributed by atoms with van der Waals surface area (Å²) >= 11 is 3.19. The van der Waals surface area contributed by atoms with E-state index in [0.29, 0.717) is 16.6 Å². The standard InChI is InChI=1S/C13H15BrFNO/c1-13(2,3)16-6-8-7-17-12-5-11(15)10(14)4-9(8)12/h4-5,7,16H,6H2,1-3H3. The average molecular weight is 300 g/mol. The first-order chi connectivity index (χ1) is 7.87. The van der Waals surface area contributed by atoms with Crippen molar-refractivity contribution >= 4 is 26.9 Å². The first-order valence-corrected chi connectivity index (χ1v) is 6.26. The van der Waals surface area contributed by atoms with Gasteiger partial charge < -0.3 is 9.73 Å². The van der Waals surface area contributed by atoms with Crippen LogP contribution in [0.25, 0.3) is 11.0 Å². The van der Waals surface area contributed by atoms with Crippen molar-refractivity contribution in [1.82, 2.24) is 5.32 Å². The molecule has 0 saturated heterocycles. The molecule has 1 heterocycles. The molecule has 0 aliphatic heterocycles. The number of furan rings is 1. The Morgan fingerprint density at radius 2 is 2.06 bits per heavy atom. The van der Waals surface area contributed by atoms with Crippen LogP contribution in [-0.4, -0.2) is 5.54 Å². The fourth-order valence-corrected chi connectivity index (χ4v) is 1.92. The van der Waals surface area contributed by atoms with Gasteiger partial charge in [-0.25, -0.2) is 4.39 Å². The lowest BCUT2D eigenvalue weighted by Crippen LogP contribution is -2.34. The molecule has 2 rings (SSSR count). The lowest BCUT2D eigenvalue weighted by Gasteiger charge is -2.19. The molecule has 1 aromatic carbocycles. The third-order valence-corrected chi connectivity index (χ3v) is 3.11. The third-order valence-electron chi connectivity index (χ3n) is 2.51. The zero-order valence-corrected chi connectivity index (χ0v) is 11.7. The molecule has 1 N–H and O–H groups in total. The Kier molecular flexibility index (Phi) is 3.27. The van der Waals surface area contributed by atoms with Crippen molar-refractivity contribution in [3.05, 3.63) is 34.2 Å². The molecule has 1 aromatic heterocycles. The van der Waals surface area contributed by atoms with Crippen LogP contribution in [0.4, 0.5) is 4.39 Å². The number of hydrogen-bond donors (Lipinski definition) is 1. The lowest BCUT2D eigenvalue weighted by molar-refractivity contribution is 0.423. The van der Waals surface area contributed by atoms with Gasteiger partial charge in [-0.15, -0.1) is 0 Å². The highest BCUT2D eigenvalue weighted by molar-refractivity contribution is 9.10. The zero-order valence-electron chi connectivity index (χ0n) is 10.1. The van der Waals surface area contributed by atoms with Gasteiger partial charge in [0.15, 0.2) is 0 Å². The zero-order chi connectivity index (χ0) is 12.6. The monoisotopic (exact) mass is 299 g/mol. The number of fused-ring (bicyclic) bond motifs is 1. The van der Waals surface area contributed by atoms with E-state index in [0.717, 1.165) is 10.9 Å². The highest BCUT2D eigenvalue weighted by Gasteiger charge is 2.13. The third kappa shape index (κ3) is 2.87. The lowest BCUT2D eigenvalue weighted by atomic mass is 10.1. The van der Waals surface area contributed by atoms with Crippen LogP contribution in [0.1, 0.15) is 26.3 Å². The predicted molar refractivity (Wildman–Crippen MR) is 70.5 cm³/mol. The second kappa shape index (κ2) is 4.42. The van der Waals surface area contributed by atoms with Gasteiger partial charge in [0, 0.05) is 29.1 Å². The minimum atomic E-state index is -0.304. The van der Waals surface area contributed by atoms with E-state index >= 15 is 0 Å². The summed E-state index contributed by atoms with van der Waals surface area (Å²) in [6, 6.07) is 3.16. The van der Waals surface area contributed by atoms with Crippen LogP contribution in [0.2, 0.25) is 0 Å². The smallest absolute Gasteiger partial charge is 0.141 e. The van der Waals surface area contributed by atoms with E-state index in [1.54, 1.807) is 12.3 Å². The molecule has 0 aliphatic carbocycles. The van der Waals surface area contributed by atoms with E-state index in [9.17, 15) is 4.39 Å². The number of benzene rings is 1. The molecule has 0 bridgehead atoms. The molecule has 0 saturated carbocycles. The quantitative estimate of drug-likeness (QED) is 0.898. The normalized spacial score (nSPS) is 12.3. The maximum atomic E-state index is 13.3. The Hall–Kier alpha value is -0.870. The second-order valence-corrected chi connectivity index (χ2v) is 5.98.